The summed E-state index contributed by atoms with van der Waals surface area (Å²) in [6.07, 6.45) is 1.28. The SMILES string of the molecule is COc1ccc(N(CC(=O)N/N=C\c2ccc([N+](=O)[O-])cc2)S(=O)(=O)c2ccccc2)cc1Cl. The Kier molecular flexibility index (Phi) is 7.82. The monoisotopic (exact) mass is 502 g/mol. The number of hydrogen-bond acceptors (Lipinski definition) is 7. The molecule has 12 heteroatoms. The van der Waals surface area contributed by atoms with Crippen LogP contribution in [0.5, 0.6) is 5.75 Å². The van der Waals surface area contributed by atoms with Gasteiger partial charge in [-0.25, -0.2) is 13.8 Å². The van der Waals surface area contributed by atoms with E-state index in [9.17, 15) is 23.3 Å². The molecule has 176 valence electrons. The fourth-order valence-corrected chi connectivity index (χ4v) is 4.56. The second kappa shape index (κ2) is 10.8. The average molecular weight is 503 g/mol. The molecule has 0 spiro atoms. The third-order valence-corrected chi connectivity index (χ3v) is 6.63. The molecule has 0 saturated heterocycles. The molecule has 3 aromatic rings. The number of nitrogens with zero attached hydrogens (tertiary/aromatic N) is 3. The molecule has 10 nitrogen and oxygen atoms in total. The zero-order valence-electron chi connectivity index (χ0n) is 17.8. The molecule has 0 atom stereocenters. The summed E-state index contributed by atoms with van der Waals surface area (Å²) in [7, 11) is -2.69. The molecule has 0 heterocycles. The first-order valence-corrected chi connectivity index (χ1v) is 11.5. The van der Waals surface area contributed by atoms with Crippen molar-refractivity contribution in [3.05, 3.63) is 93.5 Å². The number of halogens is 1. The number of amides is 1. The van der Waals surface area contributed by atoms with Crippen molar-refractivity contribution >= 4 is 45.1 Å². The third kappa shape index (κ3) is 5.88. The minimum Gasteiger partial charge on any atom is -0.495 e. The van der Waals surface area contributed by atoms with Crippen LogP contribution in [0.25, 0.3) is 0 Å². The number of anilines is 1. The topological polar surface area (TPSA) is 131 Å². The van der Waals surface area contributed by atoms with Gasteiger partial charge in [0.25, 0.3) is 21.6 Å². The average Bonchev–Trinajstić information content (AvgIpc) is 2.83. The molecule has 0 bridgehead atoms. The van der Waals surface area contributed by atoms with E-state index in [1.54, 1.807) is 18.2 Å². The van der Waals surface area contributed by atoms with Crippen molar-refractivity contribution in [3.63, 3.8) is 0 Å². The number of hydrogen-bond donors (Lipinski definition) is 1. The number of non-ortho nitro benzene ring substituents is 1. The van der Waals surface area contributed by atoms with Crippen LogP contribution in [-0.4, -0.2) is 39.1 Å². The number of nitrogens with one attached hydrogen (secondary N) is 1. The predicted octanol–water partition coefficient (Wildman–Crippen LogP) is 3.60. The maximum Gasteiger partial charge on any atom is 0.269 e. The lowest BCUT2D eigenvalue weighted by Crippen LogP contribution is -2.39. The Balaban J connectivity index is 1.83. The molecular weight excluding hydrogens is 484 g/mol. The number of methoxy groups -OCH3 is 1. The van der Waals surface area contributed by atoms with Crippen LogP contribution in [0.4, 0.5) is 11.4 Å². The molecule has 0 fully saturated rings. The van der Waals surface area contributed by atoms with Gasteiger partial charge < -0.3 is 4.74 Å². The van der Waals surface area contributed by atoms with Gasteiger partial charge in [0.1, 0.15) is 12.3 Å². The number of sulfonamides is 1. The van der Waals surface area contributed by atoms with E-state index in [1.165, 1.54) is 67.9 Å². The smallest absolute Gasteiger partial charge is 0.269 e. The molecule has 1 amide bonds. The highest BCUT2D eigenvalue weighted by Gasteiger charge is 2.27. The summed E-state index contributed by atoms with van der Waals surface area (Å²) in [5.74, 6) is -0.371. The zero-order chi connectivity index (χ0) is 24.7. The number of ether oxygens (including phenoxy) is 1. The summed E-state index contributed by atoms with van der Waals surface area (Å²) in [6.45, 7) is -0.586. The summed E-state index contributed by atoms with van der Waals surface area (Å²) in [5.41, 5.74) is 2.84. The molecule has 0 aliphatic carbocycles. The second-order valence-electron chi connectivity index (χ2n) is 6.79. The lowest BCUT2D eigenvalue weighted by molar-refractivity contribution is -0.384. The van der Waals surface area contributed by atoms with Crippen LogP contribution in [0.1, 0.15) is 5.56 Å². The van der Waals surface area contributed by atoms with E-state index in [4.69, 9.17) is 16.3 Å². The Morgan fingerprint density at radius 2 is 1.82 bits per heavy atom. The van der Waals surface area contributed by atoms with Gasteiger partial charge >= 0.3 is 0 Å². The molecule has 0 saturated carbocycles. The molecule has 0 radical (unpaired) electrons. The van der Waals surface area contributed by atoms with Crippen LogP contribution in [0.3, 0.4) is 0 Å². The van der Waals surface area contributed by atoms with Crippen molar-refractivity contribution in [2.75, 3.05) is 18.0 Å². The van der Waals surface area contributed by atoms with Crippen molar-refractivity contribution in [1.29, 1.82) is 0 Å². The van der Waals surface area contributed by atoms with Crippen LogP contribution in [0.2, 0.25) is 5.02 Å². The molecule has 3 rings (SSSR count). The van der Waals surface area contributed by atoms with Gasteiger partial charge in [0.05, 0.1) is 33.9 Å². The summed E-state index contributed by atoms with van der Waals surface area (Å²) < 4.78 is 32.6. The highest BCUT2D eigenvalue weighted by Crippen LogP contribution is 2.31. The molecule has 0 unspecified atom stereocenters. The summed E-state index contributed by atoms with van der Waals surface area (Å²) >= 11 is 6.18. The number of benzene rings is 3. The predicted molar refractivity (Wildman–Crippen MR) is 128 cm³/mol. The van der Waals surface area contributed by atoms with Gasteiger partial charge in [-0.2, -0.15) is 5.10 Å². The second-order valence-corrected chi connectivity index (χ2v) is 9.05. The molecule has 0 aliphatic rings. The van der Waals surface area contributed by atoms with Gasteiger partial charge in [0.2, 0.25) is 0 Å². The van der Waals surface area contributed by atoms with E-state index in [-0.39, 0.29) is 21.3 Å². The summed E-state index contributed by atoms with van der Waals surface area (Å²) in [5, 5.41) is 14.7. The van der Waals surface area contributed by atoms with Crippen LogP contribution in [-0.2, 0) is 14.8 Å². The first-order valence-electron chi connectivity index (χ1n) is 9.70. The quantitative estimate of drug-likeness (QED) is 0.270. The van der Waals surface area contributed by atoms with Gasteiger partial charge in [0, 0.05) is 12.1 Å². The van der Waals surface area contributed by atoms with Gasteiger partial charge in [0.15, 0.2) is 0 Å². The molecule has 3 aromatic carbocycles. The Bertz CT molecular complexity index is 1310. The normalized spacial score (nSPS) is 11.2. The minimum absolute atomic E-state index is 0.0101. The highest BCUT2D eigenvalue weighted by molar-refractivity contribution is 7.92. The van der Waals surface area contributed by atoms with E-state index in [1.807, 2.05) is 0 Å². The van der Waals surface area contributed by atoms with Gasteiger partial charge in [-0.15, -0.1) is 0 Å². The van der Waals surface area contributed by atoms with Crippen LogP contribution in [0, 0.1) is 10.1 Å². The van der Waals surface area contributed by atoms with E-state index in [0.717, 1.165) is 4.31 Å². The summed E-state index contributed by atoms with van der Waals surface area (Å²) in [6, 6.07) is 17.5. The van der Waals surface area contributed by atoms with Crippen molar-refractivity contribution in [1.82, 2.24) is 5.43 Å². The van der Waals surface area contributed by atoms with E-state index in [2.05, 4.69) is 10.5 Å². The van der Waals surface area contributed by atoms with Crippen molar-refractivity contribution < 1.29 is 22.9 Å². The maximum atomic E-state index is 13.3. The third-order valence-electron chi connectivity index (χ3n) is 4.55. The van der Waals surface area contributed by atoms with Crippen molar-refractivity contribution in [2.24, 2.45) is 5.10 Å². The lowest BCUT2D eigenvalue weighted by Gasteiger charge is -2.24. The fraction of sp³-hybridized carbons (Fsp3) is 0.0909. The Labute approximate surface area is 200 Å². The molecule has 0 aliphatic heterocycles. The van der Waals surface area contributed by atoms with E-state index in [0.29, 0.717) is 11.3 Å². The van der Waals surface area contributed by atoms with Gasteiger partial charge in [-0.1, -0.05) is 29.8 Å². The van der Waals surface area contributed by atoms with E-state index >= 15 is 0 Å². The van der Waals surface area contributed by atoms with E-state index < -0.39 is 27.4 Å². The number of nitro groups is 1. The Hall–Kier alpha value is -3.96. The number of nitro benzene ring substituents is 1. The Morgan fingerprint density at radius 1 is 1.15 bits per heavy atom. The van der Waals surface area contributed by atoms with Gasteiger partial charge in [-0.05, 0) is 48.0 Å². The number of carbonyl (C=O) groups is 1. The fourth-order valence-electron chi connectivity index (χ4n) is 2.87. The van der Waals surface area contributed by atoms with Crippen LogP contribution in [0.15, 0.2) is 82.8 Å². The standard InChI is InChI=1S/C22H19ClN4O6S/c1-33-21-12-11-18(13-20(21)23)26(34(31,32)19-5-3-2-4-6-19)15-22(28)25-24-14-16-7-9-17(10-8-16)27(29)30/h2-14H,15H2,1H3,(H,25,28)/b24-14-. The van der Waals surface area contributed by atoms with Crippen molar-refractivity contribution in [3.8, 4) is 5.75 Å². The largest absolute Gasteiger partial charge is 0.495 e. The molecule has 0 aromatic heterocycles. The number of rotatable bonds is 9. The molecule has 34 heavy (non-hydrogen) atoms. The Morgan fingerprint density at radius 3 is 2.41 bits per heavy atom. The van der Waals surface area contributed by atoms with Crippen molar-refractivity contribution in [2.45, 2.75) is 4.90 Å². The number of hydrazone groups is 1. The zero-order valence-corrected chi connectivity index (χ0v) is 19.4. The molecule has 1 N–H and O–H groups in total. The minimum atomic E-state index is -4.12. The van der Waals surface area contributed by atoms with Crippen LogP contribution < -0.4 is 14.5 Å². The first-order chi connectivity index (χ1) is 16.2. The molecular formula is C22H19ClN4O6S. The van der Waals surface area contributed by atoms with Gasteiger partial charge in [-0.3, -0.25) is 19.2 Å². The summed E-state index contributed by atoms with van der Waals surface area (Å²) in [4.78, 5) is 22.7. The highest BCUT2D eigenvalue weighted by atomic mass is 35.5. The maximum absolute atomic E-state index is 13.3. The lowest BCUT2D eigenvalue weighted by atomic mass is 10.2. The number of carbonyl (C=O) groups excluding carboxylic acids is 1. The van der Waals surface area contributed by atoms with Crippen LogP contribution >= 0.6 is 11.6 Å². The first kappa shape index (κ1) is 24.7.